The van der Waals surface area contributed by atoms with Crippen molar-refractivity contribution in [1.29, 1.82) is 0 Å². The Bertz CT molecular complexity index is 391. The number of carbonyl (C=O) groups is 1. The molecule has 1 aromatic carbocycles. The van der Waals surface area contributed by atoms with Crippen LogP contribution in [0.2, 0.25) is 0 Å². The molecule has 0 bridgehead atoms. The van der Waals surface area contributed by atoms with Crippen LogP contribution in [0.3, 0.4) is 0 Å². The predicted octanol–water partition coefficient (Wildman–Crippen LogP) is 2.49. The number of aliphatic hydroxyl groups excluding tert-OH is 1. The van der Waals surface area contributed by atoms with Gasteiger partial charge in [-0.15, -0.1) is 0 Å². The largest absolute Gasteiger partial charge is 0.492 e. The minimum absolute atomic E-state index is 0.0479. The van der Waals surface area contributed by atoms with Crippen LogP contribution >= 0.6 is 0 Å². The number of amides is 1. The number of aryl methyl sites for hydroxylation is 1. The lowest BCUT2D eigenvalue weighted by Gasteiger charge is -2.12. The average molecular weight is 251 g/mol. The molecule has 0 fully saturated rings. The maximum Gasteiger partial charge on any atom is 0.224 e. The summed E-state index contributed by atoms with van der Waals surface area (Å²) in [6.45, 7) is 4.59. The summed E-state index contributed by atoms with van der Waals surface area (Å²) in [5.74, 6) is 0.654. The van der Waals surface area contributed by atoms with Crippen LogP contribution in [0.15, 0.2) is 18.2 Å². The predicted molar refractivity (Wildman–Crippen MR) is 71.9 cm³/mol. The topological polar surface area (TPSA) is 58.6 Å². The highest BCUT2D eigenvalue weighted by atomic mass is 16.5. The van der Waals surface area contributed by atoms with Crippen molar-refractivity contribution < 1.29 is 14.6 Å². The van der Waals surface area contributed by atoms with Gasteiger partial charge in [0.25, 0.3) is 0 Å². The minimum atomic E-state index is -0.0479. The Morgan fingerprint density at radius 2 is 2.17 bits per heavy atom. The lowest BCUT2D eigenvalue weighted by molar-refractivity contribution is -0.116. The summed E-state index contributed by atoms with van der Waals surface area (Å²) in [6, 6.07) is 5.70. The molecule has 0 aliphatic rings. The van der Waals surface area contributed by atoms with Crippen molar-refractivity contribution in [1.82, 2.24) is 0 Å². The molecule has 1 rings (SSSR count). The highest BCUT2D eigenvalue weighted by Crippen LogP contribution is 2.25. The minimum Gasteiger partial charge on any atom is -0.492 e. The van der Waals surface area contributed by atoms with E-state index in [0.717, 1.165) is 5.56 Å². The molecule has 0 heterocycles. The third-order valence-corrected chi connectivity index (χ3v) is 2.52. The molecule has 0 unspecified atom stereocenters. The van der Waals surface area contributed by atoms with E-state index >= 15 is 0 Å². The van der Waals surface area contributed by atoms with E-state index in [4.69, 9.17) is 9.84 Å². The normalized spacial score (nSPS) is 10.2. The number of anilines is 1. The molecular formula is C14H21NO3. The Kier molecular flexibility index (Phi) is 6.22. The van der Waals surface area contributed by atoms with Crippen LogP contribution < -0.4 is 10.1 Å². The van der Waals surface area contributed by atoms with Gasteiger partial charge in [0.15, 0.2) is 0 Å². The van der Waals surface area contributed by atoms with Gasteiger partial charge in [0, 0.05) is 13.0 Å². The first-order valence-electron chi connectivity index (χ1n) is 6.31. The fourth-order valence-corrected chi connectivity index (χ4v) is 1.62. The lowest BCUT2D eigenvalue weighted by atomic mass is 10.2. The van der Waals surface area contributed by atoms with Crippen molar-refractivity contribution in [3.63, 3.8) is 0 Å². The molecule has 0 atom stereocenters. The number of benzene rings is 1. The standard InChI is InChI=1S/C14H21NO3/c1-3-18-13-10-11(2)7-8-12(13)15-14(17)6-4-5-9-16/h7-8,10,16H,3-6,9H2,1-2H3,(H,15,17). The Morgan fingerprint density at radius 1 is 1.39 bits per heavy atom. The Balaban J connectivity index is 2.62. The second-order valence-corrected chi connectivity index (χ2v) is 4.16. The van der Waals surface area contributed by atoms with E-state index in [1.165, 1.54) is 0 Å². The van der Waals surface area contributed by atoms with Gasteiger partial charge in [0.05, 0.1) is 12.3 Å². The number of rotatable bonds is 7. The van der Waals surface area contributed by atoms with E-state index < -0.39 is 0 Å². The summed E-state index contributed by atoms with van der Waals surface area (Å²) in [5, 5.41) is 11.5. The smallest absolute Gasteiger partial charge is 0.224 e. The fourth-order valence-electron chi connectivity index (χ4n) is 1.62. The van der Waals surface area contributed by atoms with Crippen LogP contribution in [-0.4, -0.2) is 24.2 Å². The van der Waals surface area contributed by atoms with E-state index in [1.54, 1.807) is 0 Å². The van der Waals surface area contributed by atoms with E-state index in [-0.39, 0.29) is 12.5 Å². The number of nitrogens with one attached hydrogen (secondary N) is 1. The molecule has 1 amide bonds. The average Bonchev–Trinajstić information content (AvgIpc) is 2.33. The van der Waals surface area contributed by atoms with Crippen LogP contribution in [0.5, 0.6) is 5.75 Å². The summed E-state index contributed by atoms with van der Waals surface area (Å²) in [5.41, 5.74) is 1.80. The van der Waals surface area contributed by atoms with Crippen molar-refractivity contribution in [2.45, 2.75) is 33.1 Å². The first-order valence-corrected chi connectivity index (χ1v) is 6.31. The van der Waals surface area contributed by atoms with Gasteiger partial charge in [0.1, 0.15) is 5.75 Å². The third kappa shape index (κ3) is 4.75. The molecule has 18 heavy (non-hydrogen) atoms. The highest BCUT2D eigenvalue weighted by Gasteiger charge is 2.07. The zero-order chi connectivity index (χ0) is 13.4. The molecule has 4 nitrogen and oxygen atoms in total. The van der Waals surface area contributed by atoms with E-state index in [0.29, 0.717) is 37.3 Å². The zero-order valence-electron chi connectivity index (χ0n) is 11.0. The van der Waals surface area contributed by atoms with Crippen molar-refractivity contribution in [2.24, 2.45) is 0 Å². The Hall–Kier alpha value is -1.55. The maximum atomic E-state index is 11.7. The molecule has 1 aromatic rings. The third-order valence-electron chi connectivity index (χ3n) is 2.52. The second-order valence-electron chi connectivity index (χ2n) is 4.16. The number of aliphatic hydroxyl groups is 1. The summed E-state index contributed by atoms with van der Waals surface area (Å²) < 4.78 is 5.49. The van der Waals surface area contributed by atoms with Gasteiger partial charge in [-0.1, -0.05) is 6.07 Å². The molecule has 0 saturated carbocycles. The van der Waals surface area contributed by atoms with Crippen molar-refractivity contribution in [3.8, 4) is 5.75 Å². The van der Waals surface area contributed by atoms with Crippen LogP contribution in [0, 0.1) is 6.92 Å². The summed E-state index contributed by atoms with van der Waals surface area (Å²) in [7, 11) is 0. The first-order chi connectivity index (χ1) is 8.67. The van der Waals surface area contributed by atoms with Crippen LogP contribution in [-0.2, 0) is 4.79 Å². The Labute approximate surface area is 108 Å². The first kappa shape index (κ1) is 14.5. The number of carbonyl (C=O) groups excluding carboxylic acids is 1. The number of hydrogen-bond donors (Lipinski definition) is 2. The monoisotopic (exact) mass is 251 g/mol. The van der Waals surface area contributed by atoms with Gasteiger partial charge in [-0.25, -0.2) is 0 Å². The lowest BCUT2D eigenvalue weighted by Crippen LogP contribution is -2.12. The molecule has 0 saturated heterocycles. The SMILES string of the molecule is CCOc1cc(C)ccc1NC(=O)CCCCO. The molecule has 0 radical (unpaired) electrons. The van der Waals surface area contributed by atoms with E-state index in [9.17, 15) is 4.79 Å². The molecule has 0 aromatic heterocycles. The molecule has 100 valence electrons. The molecule has 0 aliphatic carbocycles. The van der Waals surface area contributed by atoms with Gasteiger partial charge in [0.2, 0.25) is 5.91 Å². The summed E-state index contributed by atoms with van der Waals surface area (Å²) in [4.78, 5) is 11.7. The van der Waals surface area contributed by atoms with Gasteiger partial charge >= 0.3 is 0 Å². The van der Waals surface area contributed by atoms with E-state index in [2.05, 4.69) is 5.32 Å². The number of hydrogen-bond acceptors (Lipinski definition) is 3. The number of unbranched alkanes of at least 4 members (excludes halogenated alkanes) is 1. The van der Waals surface area contributed by atoms with Crippen LogP contribution in [0.25, 0.3) is 0 Å². The summed E-state index contributed by atoms with van der Waals surface area (Å²) >= 11 is 0. The quantitative estimate of drug-likeness (QED) is 0.732. The van der Waals surface area contributed by atoms with Gasteiger partial charge in [-0.2, -0.15) is 0 Å². The molecule has 0 aliphatic heterocycles. The van der Waals surface area contributed by atoms with Crippen LogP contribution in [0.4, 0.5) is 5.69 Å². The fraction of sp³-hybridized carbons (Fsp3) is 0.500. The van der Waals surface area contributed by atoms with Gasteiger partial charge < -0.3 is 15.2 Å². The van der Waals surface area contributed by atoms with Crippen molar-refractivity contribution in [3.05, 3.63) is 23.8 Å². The Morgan fingerprint density at radius 3 is 2.83 bits per heavy atom. The molecule has 4 heteroatoms. The zero-order valence-corrected chi connectivity index (χ0v) is 11.0. The van der Waals surface area contributed by atoms with Crippen LogP contribution in [0.1, 0.15) is 31.7 Å². The molecule has 0 spiro atoms. The van der Waals surface area contributed by atoms with Crippen molar-refractivity contribution >= 4 is 11.6 Å². The molecular weight excluding hydrogens is 230 g/mol. The van der Waals surface area contributed by atoms with Gasteiger partial charge in [-0.3, -0.25) is 4.79 Å². The van der Waals surface area contributed by atoms with Crippen molar-refractivity contribution in [2.75, 3.05) is 18.5 Å². The van der Waals surface area contributed by atoms with E-state index in [1.807, 2.05) is 32.0 Å². The summed E-state index contributed by atoms with van der Waals surface area (Å²) in [6.07, 6.45) is 1.76. The molecule has 2 N–H and O–H groups in total. The highest BCUT2D eigenvalue weighted by molar-refractivity contribution is 5.92. The second kappa shape index (κ2) is 7.71. The van der Waals surface area contributed by atoms with Gasteiger partial charge in [-0.05, 0) is 44.4 Å². The number of ether oxygens (including phenoxy) is 1. The maximum absolute atomic E-state index is 11.7.